The minimum Gasteiger partial charge on any atom is -0.478 e. The minimum absolute atomic E-state index is 0.0609. The van der Waals surface area contributed by atoms with Crippen molar-refractivity contribution in [3.8, 4) is 0 Å². The average molecular weight is 474 g/mol. The summed E-state index contributed by atoms with van der Waals surface area (Å²) >= 11 is 2.49. The van der Waals surface area contributed by atoms with Crippen molar-refractivity contribution < 1.29 is 38.9 Å². The Morgan fingerprint density at radius 1 is 1.26 bits per heavy atom. The van der Waals surface area contributed by atoms with E-state index in [0.717, 1.165) is 11.3 Å². The first-order chi connectivity index (χ1) is 14.6. The number of carbonyl (C=O) groups is 5. The van der Waals surface area contributed by atoms with Crippen molar-refractivity contribution in [3.63, 3.8) is 0 Å². The van der Waals surface area contributed by atoms with Crippen LogP contribution in [-0.2, 0) is 36.9 Å². The zero-order valence-corrected chi connectivity index (χ0v) is 18.5. The summed E-state index contributed by atoms with van der Waals surface area (Å²) in [6.45, 7) is 1.49. The van der Waals surface area contributed by atoms with Gasteiger partial charge in [0.25, 0.3) is 0 Å². The van der Waals surface area contributed by atoms with E-state index >= 15 is 0 Å². The van der Waals surface area contributed by atoms with Gasteiger partial charge in [0.15, 0.2) is 0 Å². The number of thiophene rings is 1. The zero-order chi connectivity index (χ0) is 23.1. The Morgan fingerprint density at radius 2 is 1.97 bits per heavy atom. The zero-order valence-electron chi connectivity index (χ0n) is 16.9. The summed E-state index contributed by atoms with van der Waals surface area (Å²) in [4.78, 5) is 58.3. The van der Waals surface area contributed by atoms with Gasteiger partial charge in [-0.05, 0) is 24.0 Å². The molecule has 1 aromatic heterocycles. The Kier molecular flexibility index (Phi) is 8.83. The quantitative estimate of drug-likeness (QED) is 0.316. The van der Waals surface area contributed by atoms with Gasteiger partial charge in [-0.25, -0.2) is 9.59 Å². The molecule has 3 amide bonds. The van der Waals surface area contributed by atoms with Gasteiger partial charge in [-0.1, -0.05) is 0 Å². The van der Waals surface area contributed by atoms with Crippen LogP contribution in [0.4, 0.5) is 5.00 Å². The highest BCUT2D eigenvalue weighted by Crippen LogP contribution is 2.37. The number of rotatable bonds is 9. The van der Waals surface area contributed by atoms with Gasteiger partial charge in [-0.15, -0.1) is 11.3 Å². The highest BCUT2D eigenvalue weighted by Gasteiger charge is 2.31. The van der Waals surface area contributed by atoms with Gasteiger partial charge in [0.2, 0.25) is 11.8 Å². The molecule has 11 nitrogen and oxygen atoms in total. The standard InChI is InChI=1S/C18H23N3O8S2/c1-8(22)20-11(3-4-30-2)14(23)19-6-9-5-10-12(7-29-9)31-16(13(10)17(25)26)21-15(24)18(27)28/h9,11H,3-7H2,1-2H3,(H,19,23)(H,20,22)(H,21,24)(H,25,26)(H,27,28). The number of carboxylic acids is 2. The molecule has 1 aliphatic rings. The number of thioether (sulfide) groups is 1. The number of hydrogen-bond acceptors (Lipinski definition) is 8. The summed E-state index contributed by atoms with van der Waals surface area (Å²) in [5.74, 6) is -4.36. The molecule has 170 valence electrons. The van der Waals surface area contributed by atoms with Crippen molar-refractivity contribution in [1.82, 2.24) is 10.6 Å². The predicted molar refractivity (Wildman–Crippen MR) is 113 cm³/mol. The molecule has 2 rings (SSSR count). The number of carboxylic acid groups (broad SMARTS) is 2. The van der Waals surface area contributed by atoms with Crippen molar-refractivity contribution in [3.05, 3.63) is 16.0 Å². The first kappa shape index (κ1) is 24.6. The topological polar surface area (TPSA) is 171 Å². The van der Waals surface area contributed by atoms with Gasteiger partial charge < -0.3 is 30.9 Å². The summed E-state index contributed by atoms with van der Waals surface area (Å²) in [5.41, 5.74) is 0.259. The van der Waals surface area contributed by atoms with Crippen LogP contribution in [0, 0.1) is 0 Å². The molecule has 2 unspecified atom stereocenters. The molecule has 1 aromatic rings. The Morgan fingerprint density at radius 3 is 2.55 bits per heavy atom. The molecular formula is C18H23N3O8S2. The van der Waals surface area contributed by atoms with Crippen molar-refractivity contribution in [2.75, 3.05) is 23.9 Å². The molecule has 0 radical (unpaired) electrons. The Balaban J connectivity index is 2.07. The number of amides is 3. The van der Waals surface area contributed by atoms with E-state index in [9.17, 15) is 29.1 Å². The Labute approximate surface area is 185 Å². The Hall–Kier alpha value is -2.64. The monoisotopic (exact) mass is 473 g/mol. The second-order valence-corrected chi connectivity index (χ2v) is 8.78. The molecule has 0 fully saturated rings. The number of hydrogen-bond donors (Lipinski definition) is 5. The van der Waals surface area contributed by atoms with Crippen LogP contribution >= 0.6 is 23.1 Å². The third-order valence-electron chi connectivity index (χ3n) is 4.42. The number of aromatic carboxylic acids is 1. The second kappa shape index (κ2) is 11.1. The van der Waals surface area contributed by atoms with Gasteiger partial charge in [-0.2, -0.15) is 11.8 Å². The van der Waals surface area contributed by atoms with Crippen LogP contribution in [0.25, 0.3) is 0 Å². The first-order valence-corrected chi connectivity index (χ1v) is 11.4. The molecule has 0 saturated carbocycles. The highest BCUT2D eigenvalue weighted by atomic mass is 32.2. The molecule has 0 aliphatic carbocycles. The maximum Gasteiger partial charge on any atom is 0.394 e. The summed E-state index contributed by atoms with van der Waals surface area (Å²) in [6.07, 6.45) is 1.99. The normalized spacial score (nSPS) is 16.0. The van der Waals surface area contributed by atoms with E-state index in [1.807, 2.05) is 6.26 Å². The lowest BCUT2D eigenvalue weighted by atomic mass is 10.0. The number of anilines is 1. The van der Waals surface area contributed by atoms with Crippen LogP contribution in [0.15, 0.2) is 0 Å². The highest BCUT2D eigenvalue weighted by molar-refractivity contribution is 7.98. The predicted octanol–water partition coefficient (Wildman–Crippen LogP) is 0.285. The lowest BCUT2D eigenvalue weighted by Crippen LogP contribution is -2.48. The van der Waals surface area contributed by atoms with E-state index in [1.54, 1.807) is 11.8 Å². The second-order valence-electron chi connectivity index (χ2n) is 6.69. The maximum atomic E-state index is 12.5. The SMILES string of the molecule is CSCCC(NC(C)=O)C(=O)NCC1Cc2c(sc(NC(=O)C(=O)O)c2C(=O)O)CO1. The lowest BCUT2D eigenvalue weighted by Gasteiger charge is -2.25. The van der Waals surface area contributed by atoms with Gasteiger partial charge in [0.1, 0.15) is 11.0 Å². The van der Waals surface area contributed by atoms with E-state index in [0.29, 0.717) is 22.6 Å². The molecule has 0 spiro atoms. The molecule has 31 heavy (non-hydrogen) atoms. The summed E-state index contributed by atoms with van der Waals surface area (Å²) in [7, 11) is 0. The number of fused-ring (bicyclic) bond motifs is 1. The molecule has 0 aromatic carbocycles. The van der Waals surface area contributed by atoms with Crippen molar-refractivity contribution in [2.24, 2.45) is 0 Å². The number of carbonyl (C=O) groups excluding carboxylic acids is 3. The molecule has 1 aliphatic heterocycles. The van der Waals surface area contributed by atoms with Crippen LogP contribution < -0.4 is 16.0 Å². The van der Waals surface area contributed by atoms with Crippen LogP contribution in [0.5, 0.6) is 0 Å². The van der Waals surface area contributed by atoms with Crippen molar-refractivity contribution >= 4 is 57.8 Å². The summed E-state index contributed by atoms with van der Waals surface area (Å²) in [5, 5.41) is 25.7. The molecule has 13 heteroatoms. The minimum atomic E-state index is -1.73. The number of aliphatic carboxylic acids is 1. The third-order valence-corrected chi connectivity index (χ3v) is 6.18. The van der Waals surface area contributed by atoms with Crippen LogP contribution in [0.3, 0.4) is 0 Å². The van der Waals surface area contributed by atoms with Gasteiger partial charge in [0, 0.05) is 24.8 Å². The van der Waals surface area contributed by atoms with E-state index in [1.165, 1.54) is 6.92 Å². The van der Waals surface area contributed by atoms with Crippen LogP contribution in [0.1, 0.15) is 34.1 Å². The van der Waals surface area contributed by atoms with E-state index in [-0.39, 0.29) is 42.0 Å². The molecule has 0 bridgehead atoms. The maximum absolute atomic E-state index is 12.5. The summed E-state index contributed by atoms with van der Waals surface area (Å²) < 4.78 is 5.68. The molecule has 5 N–H and O–H groups in total. The van der Waals surface area contributed by atoms with Crippen molar-refractivity contribution in [2.45, 2.75) is 38.5 Å². The van der Waals surface area contributed by atoms with Gasteiger partial charge >= 0.3 is 17.8 Å². The molecule has 2 heterocycles. The number of nitrogens with one attached hydrogen (secondary N) is 3. The van der Waals surface area contributed by atoms with Gasteiger partial charge in [0.05, 0.1) is 18.3 Å². The van der Waals surface area contributed by atoms with E-state index in [2.05, 4.69) is 16.0 Å². The largest absolute Gasteiger partial charge is 0.478 e. The molecule has 0 saturated heterocycles. The fourth-order valence-corrected chi connectivity index (χ4v) is 4.62. The summed E-state index contributed by atoms with van der Waals surface area (Å²) in [6, 6.07) is -0.683. The average Bonchev–Trinajstić information content (AvgIpc) is 3.06. The fraction of sp³-hybridized carbons (Fsp3) is 0.500. The van der Waals surface area contributed by atoms with Gasteiger partial charge in [-0.3, -0.25) is 14.4 Å². The fourth-order valence-electron chi connectivity index (χ4n) is 3.01. The van der Waals surface area contributed by atoms with Crippen LogP contribution in [0.2, 0.25) is 0 Å². The third kappa shape index (κ3) is 6.67. The van der Waals surface area contributed by atoms with Crippen LogP contribution in [-0.4, -0.2) is 70.6 Å². The smallest absolute Gasteiger partial charge is 0.394 e. The molecule has 2 atom stereocenters. The molecular weight excluding hydrogens is 450 g/mol. The first-order valence-electron chi connectivity index (χ1n) is 9.21. The number of ether oxygens (including phenoxy) is 1. The van der Waals surface area contributed by atoms with E-state index < -0.39 is 30.0 Å². The van der Waals surface area contributed by atoms with E-state index in [4.69, 9.17) is 9.84 Å². The van der Waals surface area contributed by atoms with Crippen molar-refractivity contribution in [1.29, 1.82) is 0 Å². The Bertz CT molecular complexity index is 885. The lowest BCUT2D eigenvalue weighted by molar-refractivity contribution is -0.147.